The molecule has 4 aromatic rings. The third-order valence-electron chi connectivity index (χ3n) is 6.03. The van der Waals surface area contributed by atoms with Crippen LogP contribution in [0.15, 0.2) is 58.7 Å². The van der Waals surface area contributed by atoms with Gasteiger partial charge in [-0.15, -0.1) is 11.3 Å². The van der Waals surface area contributed by atoms with Crippen molar-refractivity contribution in [2.75, 3.05) is 33.4 Å². The first-order valence-corrected chi connectivity index (χ1v) is 13.0. The number of nitrogens with one attached hydrogen (secondary N) is 1. The molecule has 0 unspecified atom stereocenters. The second-order valence-corrected chi connectivity index (χ2v) is 9.88. The van der Waals surface area contributed by atoms with E-state index in [-0.39, 0.29) is 12.2 Å². The molecule has 2 aromatic carbocycles. The van der Waals surface area contributed by atoms with E-state index in [2.05, 4.69) is 41.9 Å². The lowest BCUT2D eigenvalue weighted by atomic mass is 9.99. The van der Waals surface area contributed by atoms with E-state index >= 15 is 0 Å². The van der Waals surface area contributed by atoms with Gasteiger partial charge in [0.15, 0.2) is 0 Å². The van der Waals surface area contributed by atoms with E-state index in [1.807, 2.05) is 35.7 Å². The Labute approximate surface area is 215 Å². The summed E-state index contributed by atoms with van der Waals surface area (Å²) in [7, 11) is 1.67. The number of benzene rings is 2. The van der Waals surface area contributed by atoms with Crippen molar-refractivity contribution in [1.82, 2.24) is 14.9 Å². The zero-order chi connectivity index (χ0) is 25.5. The smallest absolute Gasteiger partial charge is 0.260 e. The van der Waals surface area contributed by atoms with Crippen molar-refractivity contribution in [3.63, 3.8) is 0 Å². The number of rotatable bonds is 12. The maximum atomic E-state index is 13.2. The summed E-state index contributed by atoms with van der Waals surface area (Å²) in [5.41, 5.74) is 4.11. The molecule has 0 aliphatic heterocycles. The Morgan fingerprint density at radius 3 is 2.72 bits per heavy atom. The number of aliphatic hydroxyl groups is 1. The van der Waals surface area contributed by atoms with Crippen molar-refractivity contribution >= 4 is 21.6 Å². The molecule has 1 atom stereocenters. The van der Waals surface area contributed by atoms with E-state index < -0.39 is 6.10 Å². The quantitative estimate of drug-likeness (QED) is 0.274. The predicted octanol–water partition coefficient (Wildman–Crippen LogP) is 4.55. The largest absolute Gasteiger partial charge is 0.491 e. The van der Waals surface area contributed by atoms with Gasteiger partial charge in [-0.1, -0.05) is 42.0 Å². The average Bonchev–Trinajstić information content (AvgIpc) is 3.29. The van der Waals surface area contributed by atoms with Gasteiger partial charge in [-0.05, 0) is 43.5 Å². The van der Waals surface area contributed by atoms with Crippen LogP contribution in [0.1, 0.15) is 23.4 Å². The summed E-state index contributed by atoms with van der Waals surface area (Å²) in [6.07, 6.45) is 0.103. The lowest BCUT2D eigenvalue weighted by molar-refractivity contribution is 0.0609. The molecule has 0 radical (unpaired) electrons. The molecule has 190 valence electrons. The van der Waals surface area contributed by atoms with E-state index in [4.69, 9.17) is 14.5 Å². The molecule has 7 nitrogen and oxygen atoms in total. The maximum Gasteiger partial charge on any atom is 0.260 e. The maximum absolute atomic E-state index is 13.2. The van der Waals surface area contributed by atoms with Crippen LogP contribution in [0.25, 0.3) is 21.3 Å². The highest BCUT2D eigenvalue weighted by molar-refractivity contribution is 7.17. The number of thiophene rings is 1. The fourth-order valence-corrected chi connectivity index (χ4v) is 5.19. The number of H-pyrrole nitrogens is 1. The molecule has 2 N–H and O–H groups in total. The van der Waals surface area contributed by atoms with E-state index in [9.17, 15) is 9.90 Å². The lowest BCUT2D eigenvalue weighted by Crippen LogP contribution is -2.37. The van der Waals surface area contributed by atoms with Crippen molar-refractivity contribution in [3.8, 4) is 16.9 Å². The molecule has 0 bridgehead atoms. The van der Waals surface area contributed by atoms with Crippen LogP contribution >= 0.6 is 11.3 Å². The summed E-state index contributed by atoms with van der Waals surface area (Å²) in [5, 5.41) is 13.3. The first-order valence-electron chi connectivity index (χ1n) is 12.1. The molecule has 0 amide bonds. The molecule has 8 heteroatoms. The molecule has 0 saturated carbocycles. The number of aromatic nitrogens is 2. The summed E-state index contributed by atoms with van der Waals surface area (Å²) < 4.78 is 10.9. The van der Waals surface area contributed by atoms with Gasteiger partial charge in [0, 0.05) is 37.7 Å². The molecule has 2 heterocycles. The number of hydrogen-bond donors (Lipinski definition) is 2. The monoisotopic (exact) mass is 507 g/mol. The number of aliphatic hydroxyl groups excluding tert-OH is 1. The Kier molecular flexibility index (Phi) is 8.88. The zero-order valence-corrected chi connectivity index (χ0v) is 21.8. The number of nitrogens with zero attached hydrogens (tertiary/aromatic N) is 2. The zero-order valence-electron chi connectivity index (χ0n) is 21.0. The van der Waals surface area contributed by atoms with Gasteiger partial charge in [-0.25, -0.2) is 4.98 Å². The number of aryl methyl sites for hydroxylation is 2. The number of para-hydroxylation sites is 1. The Morgan fingerprint density at radius 2 is 1.94 bits per heavy atom. The number of ether oxygens (including phenoxy) is 2. The second kappa shape index (κ2) is 12.3. The minimum absolute atomic E-state index is 0.142. The molecule has 36 heavy (non-hydrogen) atoms. The standard InChI is InChI=1S/C28H33N3O4S/c1-19-10-11-20(2)23(14-19)24-18-36-28-26(24)27(33)29-25(30-28)16-31(12-7-13-34-3)15-21(32)17-35-22-8-5-4-6-9-22/h4-6,8-11,14,18,21,32H,7,12-13,15-17H2,1-3H3,(H,29,30,33)/t21-/m1/s1. The van der Waals surface area contributed by atoms with Gasteiger partial charge in [0.25, 0.3) is 5.56 Å². The van der Waals surface area contributed by atoms with Crippen molar-refractivity contribution < 1.29 is 14.6 Å². The van der Waals surface area contributed by atoms with E-state index in [1.165, 1.54) is 11.3 Å². The van der Waals surface area contributed by atoms with Gasteiger partial charge in [-0.2, -0.15) is 0 Å². The topological polar surface area (TPSA) is 87.7 Å². The van der Waals surface area contributed by atoms with Crippen LogP contribution in [0.3, 0.4) is 0 Å². The van der Waals surface area contributed by atoms with E-state index in [1.54, 1.807) is 7.11 Å². The van der Waals surface area contributed by atoms with Crippen LogP contribution in [0, 0.1) is 13.8 Å². The Balaban J connectivity index is 1.51. The van der Waals surface area contributed by atoms with Gasteiger partial charge in [0.05, 0.1) is 11.9 Å². The highest BCUT2D eigenvalue weighted by atomic mass is 32.1. The molecule has 0 saturated heterocycles. The first-order chi connectivity index (χ1) is 17.4. The minimum atomic E-state index is -0.694. The number of aromatic amines is 1. The van der Waals surface area contributed by atoms with Gasteiger partial charge in [0.1, 0.15) is 29.1 Å². The fraction of sp³-hybridized carbons (Fsp3) is 0.357. The Hall–Kier alpha value is -3.04. The van der Waals surface area contributed by atoms with Gasteiger partial charge in [-0.3, -0.25) is 9.69 Å². The first kappa shape index (κ1) is 26.0. The number of hydrogen-bond acceptors (Lipinski definition) is 7. The molecule has 2 aromatic heterocycles. The summed E-state index contributed by atoms with van der Waals surface area (Å²) >= 11 is 1.48. The van der Waals surface area contributed by atoms with Crippen molar-refractivity contribution in [2.45, 2.75) is 32.9 Å². The molecular formula is C28H33N3O4S. The summed E-state index contributed by atoms with van der Waals surface area (Å²) in [6.45, 7) is 6.38. The van der Waals surface area contributed by atoms with Gasteiger partial charge >= 0.3 is 0 Å². The Morgan fingerprint density at radius 1 is 1.14 bits per heavy atom. The van der Waals surface area contributed by atoms with Crippen LogP contribution in [0.5, 0.6) is 5.75 Å². The van der Waals surface area contributed by atoms with Crippen LogP contribution in [0.4, 0.5) is 0 Å². The summed E-state index contributed by atoms with van der Waals surface area (Å²) in [6, 6.07) is 15.7. The molecule has 0 aliphatic carbocycles. The third-order valence-corrected chi connectivity index (χ3v) is 6.90. The second-order valence-electron chi connectivity index (χ2n) is 9.02. The third kappa shape index (κ3) is 6.59. The summed E-state index contributed by atoms with van der Waals surface area (Å²) in [4.78, 5) is 23.7. The van der Waals surface area contributed by atoms with Crippen LogP contribution in [0.2, 0.25) is 0 Å². The average molecular weight is 508 g/mol. The Bertz CT molecular complexity index is 1340. The molecule has 0 aliphatic rings. The van der Waals surface area contributed by atoms with Crippen molar-refractivity contribution in [3.05, 3.63) is 81.2 Å². The highest BCUT2D eigenvalue weighted by Gasteiger charge is 2.18. The molecular weight excluding hydrogens is 474 g/mol. The van der Waals surface area contributed by atoms with Crippen LogP contribution in [-0.2, 0) is 11.3 Å². The molecule has 0 fully saturated rings. The van der Waals surface area contributed by atoms with Crippen LogP contribution < -0.4 is 10.3 Å². The fourth-order valence-electron chi connectivity index (χ4n) is 4.23. The van der Waals surface area contributed by atoms with Gasteiger partial charge < -0.3 is 19.6 Å². The SMILES string of the molecule is COCCCN(Cc1nc2scc(-c3cc(C)ccc3C)c2c(=O)[nH]1)C[C@@H](O)COc1ccccc1. The van der Waals surface area contributed by atoms with E-state index in [0.29, 0.717) is 37.5 Å². The minimum Gasteiger partial charge on any atom is -0.491 e. The number of fused-ring (bicyclic) bond motifs is 1. The lowest BCUT2D eigenvalue weighted by Gasteiger charge is -2.24. The number of methoxy groups -OCH3 is 1. The van der Waals surface area contributed by atoms with Crippen molar-refractivity contribution in [1.29, 1.82) is 0 Å². The summed E-state index contributed by atoms with van der Waals surface area (Å²) in [5.74, 6) is 1.30. The van der Waals surface area contributed by atoms with Gasteiger partial charge in [0.2, 0.25) is 0 Å². The normalized spacial score (nSPS) is 12.4. The molecule has 0 spiro atoms. The predicted molar refractivity (Wildman–Crippen MR) is 145 cm³/mol. The molecule has 4 rings (SSSR count). The van der Waals surface area contributed by atoms with E-state index in [0.717, 1.165) is 39.3 Å². The van der Waals surface area contributed by atoms with Crippen LogP contribution in [-0.4, -0.2) is 59.5 Å². The highest BCUT2D eigenvalue weighted by Crippen LogP contribution is 2.33. The van der Waals surface area contributed by atoms with Crippen molar-refractivity contribution in [2.24, 2.45) is 0 Å².